The summed E-state index contributed by atoms with van der Waals surface area (Å²) in [5.41, 5.74) is 1.95. The normalized spacial score (nSPS) is 11.5. The van der Waals surface area contributed by atoms with Gasteiger partial charge in [0.1, 0.15) is 17.2 Å². The second-order valence-electron chi connectivity index (χ2n) is 6.85. The van der Waals surface area contributed by atoms with Crippen molar-refractivity contribution in [3.63, 3.8) is 0 Å². The zero-order valence-corrected chi connectivity index (χ0v) is 17.3. The predicted octanol–water partition coefficient (Wildman–Crippen LogP) is 4.98. The third kappa shape index (κ3) is 6.05. The van der Waals surface area contributed by atoms with Crippen LogP contribution in [0.3, 0.4) is 0 Å². The molecular formula is C23H28O5. The maximum Gasteiger partial charge on any atom is 0.338 e. The Bertz CT molecular complexity index is 791. The molecule has 0 saturated carbocycles. The van der Waals surface area contributed by atoms with Gasteiger partial charge in [0.05, 0.1) is 32.0 Å². The van der Waals surface area contributed by atoms with Gasteiger partial charge in [-0.05, 0) is 69.2 Å². The quantitative estimate of drug-likeness (QED) is 0.365. The van der Waals surface area contributed by atoms with E-state index in [0.717, 1.165) is 11.1 Å². The minimum Gasteiger partial charge on any atom is -0.497 e. The Morgan fingerprint density at radius 3 is 1.79 bits per heavy atom. The van der Waals surface area contributed by atoms with Crippen molar-refractivity contribution in [2.24, 2.45) is 0 Å². The lowest BCUT2D eigenvalue weighted by atomic mass is 10.0. The molecule has 0 radical (unpaired) electrons. The highest BCUT2D eigenvalue weighted by atomic mass is 16.5. The van der Waals surface area contributed by atoms with Crippen molar-refractivity contribution >= 4 is 17.6 Å². The van der Waals surface area contributed by atoms with E-state index in [4.69, 9.17) is 18.9 Å². The van der Waals surface area contributed by atoms with Gasteiger partial charge in [-0.15, -0.1) is 0 Å². The molecule has 150 valence electrons. The molecule has 5 nitrogen and oxygen atoms in total. The summed E-state index contributed by atoms with van der Waals surface area (Å²) in [6, 6.07) is 12.8. The molecule has 0 bridgehead atoms. The van der Waals surface area contributed by atoms with Crippen LogP contribution in [0.1, 0.15) is 38.8 Å². The van der Waals surface area contributed by atoms with E-state index >= 15 is 0 Å². The van der Waals surface area contributed by atoms with Crippen molar-refractivity contribution in [3.8, 4) is 17.2 Å². The lowest BCUT2D eigenvalue weighted by molar-refractivity contribution is -0.133. The average molecular weight is 384 g/mol. The Labute approximate surface area is 166 Å². The van der Waals surface area contributed by atoms with E-state index in [1.807, 2.05) is 58.0 Å². The van der Waals surface area contributed by atoms with Gasteiger partial charge in [-0.25, -0.2) is 4.79 Å². The van der Waals surface area contributed by atoms with E-state index in [9.17, 15) is 4.79 Å². The first-order chi connectivity index (χ1) is 13.3. The number of carbonyl (C=O) groups is 1. The van der Waals surface area contributed by atoms with Crippen molar-refractivity contribution in [2.75, 3.05) is 14.2 Å². The fourth-order valence-corrected chi connectivity index (χ4v) is 2.66. The van der Waals surface area contributed by atoms with E-state index < -0.39 is 5.97 Å². The number of carbonyl (C=O) groups excluding carboxylic acids is 1. The number of esters is 1. The molecule has 0 amide bonds. The summed E-state index contributed by atoms with van der Waals surface area (Å²) in [7, 11) is 2.97. The van der Waals surface area contributed by atoms with E-state index in [-0.39, 0.29) is 12.2 Å². The fourth-order valence-electron chi connectivity index (χ4n) is 2.66. The number of hydrogen-bond donors (Lipinski definition) is 0. The fraction of sp³-hybridized carbons (Fsp3) is 0.348. The molecule has 0 spiro atoms. The molecule has 0 aliphatic carbocycles. The van der Waals surface area contributed by atoms with Crippen molar-refractivity contribution in [3.05, 3.63) is 53.6 Å². The molecule has 0 atom stereocenters. The van der Waals surface area contributed by atoms with Crippen LogP contribution in [0.25, 0.3) is 11.6 Å². The van der Waals surface area contributed by atoms with Crippen LogP contribution < -0.4 is 14.2 Å². The maximum absolute atomic E-state index is 12.4. The van der Waals surface area contributed by atoms with Crippen LogP contribution in [0, 0.1) is 0 Å². The van der Waals surface area contributed by atoms with Crippen molar-refractivity contribution in [2.45, 2.75) is 39.9 Å². The van der Waals surface area contributed by atoms with E-state index in [0.29, 0.717) is 22.8 Å². The van der Waals surface area contributed by atoms with E-state index in [1.165, 1.54) is 7.11 Å². The Morgan fingerprint density at radius 1 is 0.821 bits per heavy atom. The van der Waals surface area contributed by atoms with Gasteiger partial charge in [0, 0.05) is 6.07 Å². The largest absolute Gasteiger partial charge is 0.497 e. The summed E-state index contributed by atoms with van der Waals surface area (Å²) < 4.78 is 21.9. The number of ether oxygens (including phenoxy) is 4. The SMILES string of the molecule is COC(=O)/C(=C\c1cc(OC(C)C)cc(OC(C)C)c1)c1ccc(OC)cc1. The van der Waals surface area contributed by atoms with Crippen LogP contribution in [0.4, 0.5) is 0 Å². The molecule has 2 rings (SSSR count). The first kappa shape index (κ1) is 21.4. The summed E-state index contributed by atoms with van der Waals surface area (Å²) in [6.07, 6.45) is 1.81. The topological polar surface area (TPSA) is 54.0 Å². The van der Waals surface area contributed by atoms with Gasteiger partial charge in [0.25, 0.3) is 0 Å². The first-order valence-electron chi connectivity index (χ1n) is 9.25. The van der Waals surface area contributed by atoms with Gasteiger partial charge in [-0.3, -0.25) is 0 Å². The molecule has 5 heteroatoms. The molecule has 0 aliphatic heterocycles. The molecule has 0 aliphatic rings. The number of hydrogen-bond acceptors (Lipinski definition) is 5. The third-order valence-electron chi connectivity index (χ3n) is 3.76. The lowest BCUT2D eigenvalue weighted by Crippen LogP contribution is -2.08. The zero-order valence-electron chi connectivity index (χ0n) is 17.3. The molecule has 0 heterocycles. The molecule has 0 unspecified atom stereocenters. The minimum absolute atomic E-state index is 0.0211. The summed E-state index contributed by atoms with van der Waals surface area (Å²) in [5.74, 6) is 1.65. The Balaban J connectivity index is 2.51. The number of rotatable bonds is 8. The standard InChI is InChI=1S/C23H28O5/c1-15(2)27-20-11-17(12-21(14-20)28-16(3)4)13-22(23(24)26-6)18-7-9-19(25-5)10-8-18/h7-16H,1-6H3/b22-13-. The molecule has 0 saturated heterocycles. The number of benzene rings is 2. The Hall–Kier alpha value is -2.95. The zero-order chi connectivity index (χ0) is 20.7. The summed E-state index contributed by atoms with van der Waals surface area (Å²) >= 11 is 0. The molecule has 0 fully saturated rings. The van der Waals surface area contributed by atoms with Gasteiger partial charge in [0.15, 0.2) is 0 Å². The monoisotopic (exact) mass is 384 g/mol. The molecule has 2 aromatic rings. The molecule has 28 heavy (non-hydrogen) atoms. The molecule has 2 aromatic carbocycles. The second kappa shape index (κ2) is 9.83. The van der Waals surface area contributed by atoms with Crippen LogP contribution >= 0.6 is 0 Å². The smallest absolute Gasteiger partial charge is 0.338 e. The highest BCUT2D eigenvalue weighted by Gasteiger charge is 2.14. The van der Waals surface area contributed by atoms with Gasteiger partial charge >= 0.3 is 5.97 Å². The molecule has 0 N–H and O–H groups in total. The summed E-state index contributed by atoms with van der Waals surface area (Å²) in [5, 5.41) is 0. The predicted molar refractivity (Wildman–Crippen MR) is 111 cm³/mol. The highest BCUT2D eigenvalue weighted by molar-refractivity contribution is 6.21. The third-order valence-corrected chi connectivity index (χ3v) is 3.76. The summed E-state index contributed by atoms with van der Waals surface area (Å²) in [4.78, 5) is 12.4. The van der Waals surface area contributed by atoms with Crippen molar-refractivity contribution in [1.82, 2.24) is 0 Å². The van der Waals surface area contributed by atoms with Gasteiger partial charge in [0.2, 0.25) is 0 Å². The Kier molecular flexibility index (Phi) is 7.50. The van der Waals surface area contributed by atoms with E-state index in [1.54, 1.807) is 25.3 Å². The maximum atomic E-state index is 12.4. The van der Waals surface area contributed by atoms with Crippen LogP contribution in [0.2, 0.25) is 0 Å². The van der Waals surface area contributed by atoms with Crippen LogP contribution in [-0.4, -0.2) is 32.4 Å². The van der Waals surface area contributed by atoms with Crippen molar-refractivity contribution in [1.29, 1.82) is 0 Å². The van der Waals surface area contributed by atoms with Gasteiger partial charge < -0.3 is 18.9 Å². The van der Waals surface area contributed by atoms with Crippen LogP contribution in [0.5, 0.6) is 17.2 Å². The second-order valence-corrected chi connectivity index (χ2v) is 6.85. The molecule has 0 aromatic heterocycles. The first-order valence-corrected chi connectivity index (χ1v) is 9.25. The summed E-state index contributed by atoms with van der Waals surface area (Å²) in [6.45, 7) is 7.84. The number of methoxy groups -OCH3 is 2. The van der Waals surface area contributed by atoms with Gasteiger partial charge in [-0.2, -0.15) is 0 Å². The van der Waals surface area contributed by atoms with Crippen molar-refractivity contribution < 1.29 is 23.7 Å². The van der Waals surface area contributed by atoms with Crippen LogP contribution in [0.15, 0.2) is 42.5 Å². The minimum atomic E-state index is -0.424. The van der Waals surface area contributed by atoms with Crippen LogP contribution in [-0.2, 0) is 9.53 Å². The molecular weight excluding hydrogens is 356 g/mol. The van der Waals surface area contributed by atoms with E-state index in [2.05, 4.69) is 0 Å². The van der Waals surface area contributed by atoms with Gasteiger partial charge in [-0.1, -0.05) is 12.1 Å². The highest BCUT2D eigenvalue weighted by Crippen LogP contribution is 2.29. The lowest BCUT2D eigenvalue weighted by Gasteiger charge is -2.15. The average Bonchev–Trinajstić information content (AvgIpc) is 2.64. The Morgan fingerprint density at radius 2 is 1.36 bits per heavy atom.